The molecule has 2 atom stereocenters. The van der Waals surface area contributed by atoms with Crippen molar-refractivity contribution in [3.63, 3.8) is 0 Å². The van der Waals surface area contributed by atoms with Gasteiger partial charge in [0.05, 0.1) is 13.7 Å². The number of benzene rings is 1. The first-order chi connectivity index (χ1) is 19.3. The molecule has 2 N–H and O–H groups in total. The van der Waals surface area contributed by atoms with E-state index in [-0.39, 0.29) is 23.0 Å². The van der Waals surface area contributed by atoms with Crippen molar-refractivity contribution in [1.29, 1.82) is 0 Å². The summed E-state index contributed by atoms with van der Waals surface area (Å²) >= 11 is 0. The second-order valence-corrected chi connectivity index (χ2v) is 11.2. The van der Waals surface area contributed by atoms with Gasteiger partial charge in [0.2, 0.25) is 0 Å². The van der Waals surface area contributed by atoms with Gasteiger partial charge in [0.1, 0.15) is 29.3 Å². The minimum absolute atomic E-state index is 0.0299. The number of nitrogens with zero attached hydrogens (tertiary/aromatic N) is 5. The SMILES string of the molecule is [2H]C([2H])(Oc1nc(N2C[C@H]3CC[C@@H](C2)N3)c2cnc(-c3cc(O)ccc3CC)c(F)c2n1)C12CCCN1CCC2. The predicted molar refractivity (Wildman–Crippen MR) is 144 cm³/mol. The maximum Gasteiger partial charge on any atom is 0.319 e. The van der Waals surface area contributed by atoms with E-state index in [0.29, 0.717) is 61.2 Å². The predicted octanol–water partition coefficient (Wildman–Crippen LogP) is 4.05. The number of aromatic hydroxyl groups is 1. The molecule has 6 heterocycles. The highest BCUT2D eigenvalue weighted by Crippen LogP contribution is 2.40. The van der Waals surface area contributed by atoms with Crippen LogP contribution in [0.1, 0.15) is 53.8 Å². The maximum atomic E-state index is 16.4. The van der Waals surface area contributed by atoms with Crippen molar-refractivity contribution < 1.29 is 17.0 Å². The van der Waals surface area contributed by atoms with Gasteiger partial charge in [0.15, 0.2) is 5.82 Å². The summed E-state index contributed by atoms with van der Waals surface area (Å²) in [7, 11) is 0. The minimum atomic E-state index is -2.04. The number of ether oxygens (including phenoxy) is 1. The molecule has 7 rings (SSSR count). The number of anilines is 1. The number of hydrogen-bond acceptors (Lipinski definition) is 8. The van der Waals surface area contributed by atoms with E-state index in [4.69, 9.17) is 12.5 Å². The van der Waals surface area contributed by atoms with E-state index < -0.39 is 17.9 Å². The van der Waals surface area contributed by atoms with Crippen molar-refractivity contribution in [1.82, 2.24) is 25.2 Å². The second-order valence-electron chi connectivity index (χ2n) is 11.2. The molecule has 200 valence electrons. The first kappa shape index (κ1) is 21.8. The molecule has 4 fully saturated rings. The number of aromatic nitrogens is 3. The van der Waals surface area contributed by atoms with Crippen LogP contribution in [-0.4, -0.2) is 75.3 Å². The summed E-state index contributed by atoms with van der Waals surface area (Å²) in [5.74, 6) is -0.0835. The van der Waals surface area contributed by atoms with Crippen LogP contribution in [0.3, 0.4) is 0 Å². The maximum absolute atomic E-state index is 16.4. The number of fused-ring (bicyclic) bond motifs is 4. The fourth-order valence-electron chi connectivity index (χ4n) is 6.97. The lowest BCUT2D eigenvalue weighted by atomic mass is 9.95. The smallest absolute Gasteiger partial charge is 0.319 e. The van der Waals surface area contributed by atoms with Crippen molar-refractivity contribution in [3.8, 4) is 23.0 Å². The molecule has 0 spiro atoms. The number of pyridine rings is 1. The van der Waals surface area contributed by atoms with Gasteiger partial charge in [0.25, 0.3) is 0 Å². The molecule has 2 bridgehead atoms. The van der Waals surface area contributed by atoms with E-state index in [1.165, 1.54) is 6.07 Å². The van der Waals surface area contributed by atoms with Crippen LogP contribution in [0.4, 0.5) is 10.2 Å². The lowest BCUT2D eigenvalue weighted by Gasteiger charge is -2.34. The molecule has 3 aromatic rings. The van der Waals surface area contributed by atoms with Crippen LogP contribution < -0.4 is 15.0 Å². The third-order valence-electron chi connectivity index (χ3n) is 8.86. The van der Waals surface area contributed by atoms with E-state index in [1.54, 1.807) is 18.3 Å². The molecule has 0 aliphatic carbocycles. The van der Waals surface area contributed by atoms with Crippen molar-refractivity contribution >= 4 is 16.7 Å². The van der Waals surface area contributed by atoms with E-state index in [0.717, 1.165) is 44.3 Å². The lowest BCUT2D eigenvalue weighted by Crippen LogP contribution is -2.51. The largest absolute Gasteiger partial charge is 0.508 e. The summed E-state index contributed by atoms with van der Waals surface area (Å²) in [5.41, 5.74) is 0.775. The van der Waals surface area contributed by atoms with Crippen molar-refractivity contribution in [2.75, 3.05) is 37.6 Å². The van der Waals surface area contributed by atoms with E-state index in [9.17, 15) is 5.11 Å². The molecule has 1 aromatic carbocycles. The Morgan fingerprint density at radius 1 is 1.18 bits per heavy atom. The molecule has 0 saturated carbocycles. The van der Waals surface area contributed by atoms with Crippen LogP contribution >= 0.6 is 0 Å². The molecule has 9 heteroatoms. The summed E-state index contributed by atoms with van der Waals surface area (Å²) in [6.07, 6.45) is 7.64. The van der Waals surface area contributed by atoms with Crippen LogP contribution in [0.15, 0.2) is 24.4 Å². The molecule has 4 aliphatic heterocycles. The number of piperazine rings is 1. The monoisotopic (exact) mass is 520 g/mol. The van der Waals surface area contributed by atoms with Crippen molar-refractivity contribution in [3.05, 3.63) is 35.8 Å². The molecule has 4 saturated heterocycles. The van der Waals surface area contributed by atoms with Gasteiger partial charge in [-0.2, -0.15) is 9.97 Å². The topological polar surface area (TPSA) is 86.6 Å². The first-order valence-electron chi connectivity index (χ1n) is 14.9. The van der Waals surface area contributed by atoms with Gasteiger partial charge in [-0.25, -0.2) is 4.39 Å². The van der Waals surface area contributed by atoms with E-state index >= 15 is 4.39 Å². The Hall–Kier alpha value is -3.04. The molecule has 0 amide bonds. The molecule has 2 aromatic heterocycles. The average Bonchev–Trinajstić information content (AvgIpc) is 3.63. The fraction of sp³-hybridized carbons (Fsp3) is 0.552. The highest BCUT2D eigenvalue weighted by atomic mass is 19.1. The van der Waals surface area contributed by atoms with Crippen molar-refractivity contribution in [2.24, 2.45) is 0 Å². The lowest BCUT2D eigenvalue weighted by molar-refractivity contribution is 0.108. The normalized spacial score (nSPS) is 25.5. The Bertz CT molecular complexity index is 1450. The van der Waals surface area contributed by atoms with Crippen LogP contribution in [0, 0.1) is 5.82 Å². The van der Waals surface area contributed by atoms with Gasteiger partial charge in [-0.15, -0.1) is 0 Å². The number of aryl methyl sites for hydroxylation is 1. The summed E-state index contributed by atoms with van der Waals surface area (Å²) in [5, 5.41) is 14.2. The van der Waals surface area contributed by atoms with E-state index in [1.807, 2.05) is 6.92 Å². The van der Waals surface area contributed by atoms with Gasteiger partial charge < -0.3 is 20.1 Å². The Kier molecular flexibility index (Phi) is 5.35. The zero-order valence-corrected chi connectivity index (χ0v) is 21.7. The third-order valence-corrected chi connectivity index (χ3v) is 8.86. The Balaban J connectivity index is 1.37. The fourth-order valence-corrected chi connectivity index (χ4v) is 6.97. The molecule has 0 radical (unpaired) electrons. The quantitative estimate of drug-likeness (QED) is 0.504. The summed E-state index contributed by atoms with van der Waals surface area (Å²) in [6.45, 7) is 3.05. The Labute approximate surface area is 225 Å². The van der Waals surface area contributed by atoms with Crippen LogP contribution in [0.2, 0.25) is 0 Å². The zero-order chi connectivity index (χ0) is 27.6. The number of rotatable bonds is 6. The van der Waals surface area contributed by atoms with Gasteiger partial charge in [-0.1, -0.05) is 13.0 Å². The number of nitrogens with one attached hydrogen (secondary N) is 1. The van der Waals surface area contributed by atoms with Gasteiger partial charge in [-0.3, -0.25) is 9.88 Å². The van der Waals surface area contributed by atoms with Gasteiger partial charge in [-0.05, 0) is 75.7 Å². The Morgan fingerprint density at radius 3 is 2.68 bits per heavy atom. The molecule has 8 nitrogen and oxygen atoms in total. The molecule has 38 heavy (non-hydrogen) atoms. The zero-order valence-electron chi connectivity index (χ0n) is 23.7. The first-order valence-corrected chi connectivity index (χ1v) is 13.9. The third kappa shape index (κ3) is 3.98. The second kappa shape index (κ2) is 9.31. The standard InChI is InChI=1S/C29H35FN6O2/c1-2-18-5-8-21(37)13-22(18)25-24(30)26-23(14-31-25)27(35-15-19-6-7-20(16-35)32-19)34-28(33-26)38-17-29-9-3-11-36(29)12-4-10-29/h5,8,13-14,19-20,32,37H,2-4,6-7,9-12,15-17H2,1H3/t19-,20+/i17D2. The number of phenols is 1. The molecule has 0 unspecified atom stereocenters. The van der Waals surface area contributed by atoms with Crippen LogP contribution in [0.5, 0.6) is 11.8 Å². The summed E-state index contributed by atoms with van der Waals surface area (Å²) in [6, 6.07) is 5.36. The highest BCUT2D eigenvalue weighted by molar-refractivity contribution is 5.92. The Morgan fingerprint density at radius 2 is 1.95 bits per heavy atom. The highest BCUT2D eigenvalue weighted by Gasteiger charge is 2.45. The van der Waals surface area contributed by atoms with Crippen LogP contribution in [-0.2, 0) is 6.42 Å². The summed E-state index contributed by atoms with van der Waals surface area (Å²) < 4.78 is 40.6. The van der Waals surface area contributed by atoms with Crippen LogP contribution in [0.25, 0.3) is 22.2 Å². The number of hydrogen-bond donors (Lipinski definition) is 2. The van der Waals surface area contributed by atoms with E-state index in [2.05, 4.69) is 25.1 Å². The number of phenolic OH excluding ortho intramolecular Hbond substituents is 1. The van der Waals surface area contributed by atoms with Gasteiger partial charge in [0, 0.05) is 36.9 Å². The number of halogens is 1. The molecular weight excluding hydrogens is 483 g/mol. The van der Waals surface area contributed by atoms with Gasteiger partial charge >= 0.3 is 6.01 Å². The van der Waals surface area contributed by atoms with Crippen molar-refractivity contribution in [2.45, 2.75) is 69.5 Å². The molecule has 4 aliphatic rings. The minimum Gasteiger partial charge on any atom is -0.508 e. The average molecular weight is 521 g/mol. The summed E-state index contributed by atoms with van der Waals surface area (Å²) in [4.78, 5) is 18.1. The molecular formula is C29H35FN6O2.